The molecule has 31 heavy (non-hydrogen) atoms. The average molecular weight is 451 g/mol. The van der Waals surface area contributed by atoms with Crippen molar-refractivity contribution in [2.24, 2.45) is 10.3 Å². The van der Waals surface area contributed by atoms with E-state index in [4.69, 9.17) is 4.74 Å². The van der Waals surface area contributed by atoms with E-state index in [2.05, 4.69) is 15.0 Å². The highest BCUT2D eigenvalue weighted by molar-refractivity contribution is 7.90. The van der Waals surface area contributed by atoms with Crippen LogP contribution in [-0.4, -0.2) is 62.3 Å². The third-order valence-corrected chi connectivity index (χ3v) is 6.08. The molecule has 0 spiro atoms. The van der Waals surface area contributed by atoms with Crippen LogP contribution in [-0.2, 0) is 24.3 Å². The number of hydrogen-bond donors (Lipinski definition) is 2. The second-order valence-corrected chi connectivity index (χ2v) is 10.1. The van der Waals surface area contributed by atoms with Gasteiger partial charge in [0, 0.05) is 24.2 Å². The van der Waals surface area contributed by atoms with Crippen molar-refractivity contribution in [3.05, 3.63) is 29.8 Å². The van der Waals surface area contributed by atoms with Crippen molar-refractivity contribution < 1.29 is 27.5 Å². The highest BCUT2D eigenvalue weighted by Crippen LogP contribution is 2.29. The number of esters is 1. The summed E-state index contributed by atoms with van der Waals surface area (Å²) in [5, 5.41) is 4.68. The summed E-state index contributed by atoms with van der Waals surface area (Å²) in [6.45, 7) is 5.51. The van der Waals surface area contributed by atoms with E-state index in [9.17, 15) is 22.8 Å². The topological polar surface area (TPSA) is 134 Å². The largest absolute Gasteiger partial charge is 0.455 e. The van der Waals surface area contributed by atoms with Gasteiger partial charge in [0.2, 0.25) is 0 Å². The van der Waals surface area contributed by atoms with Gasteiger partial charge in [-0.1, -0.05) is 12.1 Å². The molecule has 1 aromatic rings. The van der Waals surface area contributed by atoms with Gasteiger partial charge in [-0.3, -0.25) is 14.9 Å². The Hall–Kier alpha value is -2.95. The predicted molar refractivity (Wildman–Crippen MR) is 112 cm³/mol. The van der Waals surface area contributed by atoms with Crippen LogP contribution in [0, 0.1) is 5.92 Å². The van der Waals surface area contributed by atoms with Crippen LogP contribution in [0.4, 0.5) is 4.79 Å². The molecule has 2 heterocycles. The molecule has 3 rings (SSSR count). The number of sulfonamides is 1. The highest BCUT2D eigenvalue weighted by Gasteiger charge is 2.35. The van der Waals surface area contributed by atoms with E-state index in [1.165, 1.54) is 6.07 Å². The molecule has 1 fully saturated rings. The summed E-state index contributed by atoms with van der Waals surface area (Å²) >= 11 is 0. The van der Waals surface area contributed by atoms with Gasteiger partial charge in [0.1, 0.15) is 4.90 Å². The van der Waals surface area contributed by atoms with Crippen molar-refractivity contribution in [2.45, 2.75) is 44.0 Å². The first-order valence-electron chi connectivity index (χ1n) is 9.94. The monoisotopic (exact) mass is 450 g/mol. The highest BCUT2D eigenvalue weighted by atomic mass is 32.2. The molecule has 11 heteroatoms. The summed E-state index contributed by atoms with van der Waals surface area (Å²) in [4.78, 5) is 37.9. The number of urea groups is 1. The SMILES string of the molecule is CC(C)(C)NC(=O)NC(=O)COC(=O)C1CCCN(C2=NS(=O)(=O)c3ccccc32)C1. The first-order chi connectivity index (χ1) is 14.5. The number of nitrogens with zero attached hydrogens (tertiary/aromatic N) is 2. The van der Waals surface area contributed by atoms with E-state index in [0.717, 1.165) is 0 Å². The summed E-state index contributed by atoms with van der Waals surface area (Å²) in [5.41, 5.74) is 0.00234. The summed E-state index contributed by atoms with van der Waals surface area (Å²) in [6, 6.07) is 5.90. The maximum absolute atomic E-state index is 12.5. The lowest BCUT2D eigenvalue weighted by atomic mass is 9.97. The summed E-state index contributed by atoms with van der Waals surface area (Å²) in [6.07, 6.45) is 1.18. The van der Waals surface area contributed by atoms with Crippen LogP contribution < -0.4 is 10.6 Å². The number of fused-ring (bicyclic) bond motifs is 1. The maximum Gasteiger partial charge on any atom is 0.321 e. The van der Waals surface area contributed by atoms with Gasteiger partial charge in [0.05, 0.1) is 5.92 Å². The van der Waals surface area contributed by atoms with Gasteiger partial charge in [-0.15, -0.1) is 4.40 Å². The van der Waals surface area contributed by atoms with Crippen LogP contribution in [0.15, 0.2) is 33.6 Å². The van der Waals surface area contributed by atoms with E-state index in [0.29, 0.717) is 30.8 Å². The lowest BCUT2D eigenvalue weighted by Crippen LogP contribution is -2.49. The van der Waals surface area contributed by atoms with E-state index < -0.39 is 46.0 Å². The molecule has 2 aliphatic heterocycles. The Morgan fingerprint density at radius 3 is 2.65 bits per heavy atom. The number of carbonyl (C=O) groups is 3. The molecular formula is C20H26N4O6S. The van der Waals surface area contributed by atoms with Crippen LogP contribution in [0.2, 0.25) is 0 Å². The minimum atomic E-state index is -3.75. The lowest BCUT2D eigenvalue weighted by molar-refractivity contribution is -0.153. The van der Waals surface area contributed by atoms with E-state index in [1.54, 1.807) is 43.9 Å². The summed E-state index contributed by atoms with van der Waals surface area (Å²) < 4.78 is 33.6. The number of rotatable bonds is 3. The molecule has 0 bridgehead atoms. The molecule has 3 amide bonds. The van der Waals surface area contributed by atoms with Crippen LogP contribution in [0.1, 0.15) is 39.2 Å². The number of carbonyl (C=O) groups excluding carboxylic acids is 3. The fraction of sp³-hybridized carbons (Fsp3) is 0.500. The molecule has 10 nitrogen and oxygen atoms in total. The maximum atomic E-state index is 12.5. The van der Waals surface area contributed by atoms with Crippen molar-refractivity contribution in [3.8, 4) is 0 Å². The van der Waals surface area contributed by atoms with Gasteiger partial charge in [0.15, 0.2) is 12.4 Å². The van der Waals surface area contributed by atoms with E-state index >= 15 is 0 Å². The van der Waals surface area contributed by atoms with E-state index in [-0.39, 0.29) is 11.4 Å². The average Bonchev–Trinajstić information content (AvgIpc) is 2.96. The zero-order chi connectivity index (χ0) is 22.8. The zero-order valence-electron chi connectivity index (χ0n) is 17.7. The quantitative estimate of drug-likeness (QED) is 0.657. The molecule has 0 radical (unpaired) electrons. The number of ether oxygens (including phenoxy) is 1. The Kier molecular flexibility index (Phi) is 6.35. The summed E-state index contributed by atoms with van der Waals surface area (Å²) in [7, 11) is -3.75. The van der Waals surface area contributed by atoms with Gasteiger partial charge >= 0.3 is 12.0 Å². The summed E-state index contributed by atoms with van der Waals surface area (Å²) in [5.74, 6) is -1.53. The van der Waals surface area contributed by atoms with Gasteiger partial charge < -0.3 is 15.0 Å². The molecule has 1 unspecified atom stereocenters. The number of amidine groups is 1. The molecule has 2 N–H and O–H groups in total. The minimum Gasteiger partial charge on any atom is -0.455 e. The van der Waals surface area contributed by atoms with Crippen LogP contribution in [0.3, 0.4) is 0 Å². The van der Waals surface area contributed by atoms with Crippen molar-refractivity contribution in [1.82, 2.24) is 15.5 Å². The molecule has 1 atom stereocenters. The standard InChI is InChI=1S/C20H26N4O6S/c1-20(2,3)22-19(27)21-16(25)12-30-18(26)13-7-6-10-24(11-13)17-14-8-4-5-9-15(14)31(28,29)23-17/h4-5,8-9,13H,6-7,10-12H2,1-3H3,(H2,21,22,25,27). The van der Waals surface area contributed by atoms with Gasteiger partial charge in [-0.25, -0.2) is 4.79 Å². The normalized spacial score (nSPS) is 19.8. The zero-order valence-corrected chi connectivity index (χ0v) is 18.5. The Labute approximate surface area is 181 Å². The molecule has 0 aromatic heterocycles. The molecule has 1 saturated heterocycles. The molecule has 168 valence electrons. The minimum absolute atomic E-state index is 0.153. The van der Waals surface area contributed by atoms with Crippen LogP contribution >= 0.6 is 0 Å². The first kappa shape index (κ1) is 22.7. The van der Waals surface area contributed by atoms with Crippen molar-refractivity contribution >= 4 is 33.8 Å². The molecule has 0 saturated carbocycles. The van der Waals surface area contributed by atoms with Crippen molar-refractivity contribution in [2.75, 3.05) is 19.7 Å². The van der Waals surface area contributed by atoms with Gasteiger partial charge in [0.25, 0.3) is 15.9 Å². The fourth-order valence-corrected chi connectivity index (χ4v) is 4.70. The fourth-order valence-electron chi connectivity index (χ4n) is 3.47. The smallest absolute Gasteiger partial charge is 0.321 e. The number of nitrogens with one attached hydrogen (secondary N) is 2. The third kappa shape index (κ3) is 5.60. The predicted octanol–water partition coefficient (Wildman–Crippen LogP) is 1.02. The lowest BCUT2D eigenvalue weighted by Gasteiger charge is -2.32. The van der Waals surface area contributed by atoms with Crippen molar-refractivity contribution in [1.29, 1.82) is 0 Å². The van der Waals surface area contributed by atoms with Crippen LogP contribution in [0.25, 0.3) is 0 Å². The number of benzene rings is 1. The number of likely N-dealkylation sites (tertiary alicyclic amines) is 1. The van der Waals surface area contributed by atoms with Crippen molar-refractivity contribution in [3.63, 3.8) is 0 Å². The second-order valence-electron chi connectivity index (χ2n) is 8.53. The van der Waals surface area contributed by atoms with E-state index in [1.807, 2.05) is 0 Å². The van der Waals surface area contributed by atoms with Gasteiger partial charge in [-0.2, -0.15) is 8.42 Å². The molecular weight excluding hydrogens is 424 g/mol. The van der Waals surface area contributed by atoms with Crippen LogP contribution in [0.5, 0.6) is 0 Å². The number of imide groups is 1. The Bertz CT molecular complexity index is 1030. The Morgan fingerprint density at radius 2 is 1.94 bits per heavy atom. The Morgan fingerprint density at radius 1 is 1.23 bits per heavy atom. The van der Waals surface area contributed by atoms with Gasteiger partial charge in [-0.05, 0) is 45.7 Å². The number of amides is 3. The third-order valence-electron chi connectivity index (χ3n) is 4.75. The first-order valence-corrected chi connectivity index (χ1v) is 11.4. The molecule has 0 aliphatic carbocycles. The second kappa shape index (κ2) is 8.66. The number of hydrogen-bond acceptors (Lipinski definition) is 7. The Balaban J connectivity index is 1.57. The molecule has 1 aromatic carbocycles. The number of piperidine rings is 1. The molecule has 2 aliphatic rings.